The van der Waals surface area contributed by atoms with Crippen LogP contribution in [-0.4, -0.2) is 57.7 Å². The topological polar surface area (TPSA) is 84.9 Å². The van der Waals surface area contributed by atoms with Crippen molar-refractivity contribution < 1.29 is 37.3 Å². The molecule has 48 heavy (non-hydrogen) atoms. The zero-order chi connectivity index (χ0) is 34.2. The van der Waals surface area contributed by atoms with Gasteiger partial charge in [-0.15, -0.1) is 0 Å². The lowest BCUT2D eigenvalue weighted by Gasteiger charge is -2.63. The van der Waals surface area contributed by atoms with E-state index in [-0.39, 0.29) is 24.8 Å². The molecule has 0 unspecified atom stereocenters. The van der Waals surface area contributed by atoms with E-state index in [1.54, 1.807) is 6.92 Å². The van der Waals surface area contributed by atoms with Crippen LogP contribution in [0.2, 0.25) is 0 Å². The van der Waals surface area contributed by atoms with Crippen molar-refractivity contribution in [2.24, 2.45) is 22.7 Å². The Morgan fingerprint density at radius 1 is 1.10 bits per heavy atom. The lowest BCUT2D eigenvalue weighted by Crippen LogP contribution is -2.70. The number of hydrogen-bond donors (Lipinski definition) is 2. The largest absolute Gasteiger partial charge is 0.390 e. The molecule has 2 N–H and O–H groups in total. The molecule has 4 fully saturated rings. The summed E-state index contributed by atoms with van der Waals surface area (Å²) in [5.74, 6) is -2.04. The third-order valence-corrected chi connectivity index (χ3v) is 12.6. The van der Waals surface area contributed by atoms with Crippen LogP contribution in [0.4, 0.5) is 18.9 Å². The maximum Gasteiger partial charge on any atom is 0.226 e. The van der Waals surface area contributed by atoms with Gasteiger partial charge in [-0.3, -0.25) is 9.59 Å². The van der Waals surface area contributed by atoms with Gasteiger partial charge >= 0.3 is 0 Å². The zero-order valence-electron chi connectivity index (χ0n) is 27.6. The molecular weight excluding hydrogens is 639 g/mol. The molecule has 0 radical (unpaired) electrons. The van der Waals surface area contributed by atoms with Crippen LogP contribution < -0.4 is 5.32 Å². The third-order valence-electron chi connectivity index (χ3n) is 11.9. The molecule has 0 bridgehead atoms. The number of alkyl halides is 3. The first-order valence-electron chi connectivity index (χ1n) is 16.7. The van der Waals surface area contributed by atoms with Crippen LogP contribution in [0.25, 0.3) is 0 Å². The average Bonchev–Trinajstić information content (AvgIpc) is 3.53. The van der Waals surface area contributed by atoms with Crippen molar-refractivity contribution in [3.63, 3.8) is 0 Å². The van der Waals surface area contributed by atoms with Crippen LogP contribution in [0.3, 0.4) is 0 Å². The van der Waals surface area contributed by atoms with Crippen molar-refractivity contribution in [2.45, 2.75) is 95.4 Å². The number of ether oxygens (including phenoxy) is 2. The van der Waals surface area contributed by atoms with Gasteiger partial charge in [0.2, 0.25) is 5.12 Å². The van der Waals surface area contributed by atoms with Gasteiger partial charge in [0.15, 0.2) is 23.3 Å². The SMILES string of the molecule is CC(C)Nc1cccc(Cc2ccc([C@H]3O[C@@H]4C[C@H]5[C@@H]6C[C@H](F)C7=CC(=O)C=C[C@]7(C)[C@@]6(F)[C@@H](O)C[C@]5(C)[C@]4(C(=O)SCF)O3)cc2)c1. The number of rotatable bonds is 7. The summed E-state index contributed by atoms with van der Waals surface area (Å²) < 4.78 is 60.4. The number of allylic oxidation sites excluding steroid dienone is 4. The predicted molar refractivity (Wildman–Crippen MR) is 178 cm³/mol. The Balaban J connectivity index is 1.18. The molecule has 0 spiro atoms. The molecule has 1 heterocycles. The Kier molecular flexibility index (Phi) is 8.29. The first-order valence-corrected chi connectivity index (χ1v) is 17.7. The summed E-state index contributed by atoms with van der Waals surface area (Å²) in [4.78, 5) is 26.1. The summed E-state index contributed by atoms with van der Waals surface area (Å²) >= 11 is 0.481. The molecule has 6 nitrogen and oxygen atoms in total. The number of carbonyl (C=O) groups excluding carboxylic acids is 2. The number of halogens is 3. The first-order chi connectivity index (χ1) is 22.8. The molecule has 0 amide bonds. The van der Waals surface area contributed by atoms with Gasteiger partial charge < -0.3 is 19.9 Å². The van der Waals surface area contributed by atoms with Crippen molar-refractivity contribution in [1.82, 2.24) is 0 Å². The number of nitrogens with one attached hydrogen (secondary N) is 1. The highest BCUT2D eigenvalue weighted by atomic mass is 32.2. The second-order valence-corrected chi connectivity index (χ2v) is 15.7. The number of thioether (sulfide) groups is 1. The molecule has 5 aliphatic rings. The number of hydrogen-bond acceptors (Lipinski definition) is 7. The van der Waals surface area contributed by atoms with Crippen LogP contribution in [0.15, 0.2) is 72.3 Å². The quantitative estimate of drug-likeness (QED) is 0.316. The second-order valence-electron chi connectivity index (χ2n) is 14.9. The molecule has 2 aromatic rings. The third kappa shape index (κ3) is 4.80. The molecule has 256 valence electrons. The summed E-state index contributed by atoms with van der Waals surface area (Å²) in [6.45, 7) is 7.49. The van der Waals surface area contributed by atoms with Gasteiger partial charge in [-0.05, 0) is 93.4 Å². The highest BCUT2D eigenvalue weighted by Crippen LogP contribution is 2.73. The zero-order valence-corrected chi connectivity index (χ0v) is 28.4. The summed E-state index contributed by atoms with van der Waals surface area (Å²) in [6, 6.07) is 15.3. The lowest BCUT2D eigenvalue weighted by molar-refractivity contribution is -0.232. The molecule has 10 atom stereocenters. The molecule has 0 aromatic heterocycles. The van der Waals surface area contributed by atoms with Crippen LogP contribution in [0.1, 0.15) is 69.9 Å². The number of aliphatic hydroxyl groups excluding tert-OH is 1. The van der Waals surface area contributed by atoms with Gasteiger partial charge in [0.05, 0.1) is 12.2 Å². The molecule has 1 aliphatic heterocycles. The van der Waals surface area contributed by atoms with Crippen LogP contribution in [0.5, 0.6) is 0 Å². The minimum Gasteiger partial charge on any atom is -0.390 e. The van der Waals surface area contributed by atoms with E-state index in [1.165, 1.54) is 19.1 Å². The summed E-state index contributed by atoms with van der Waals surface area (Å²) in [7, 11) is 0. The van der Waals surface area contributed by atoms with Gasteiger partial charge in [-0.2, -0.15) is 0 Å². The maximum atomic E-state index is 17.6. The smallest absolute Gasteiger partial charge is 0.226 e. The molecule has 7 rings (SSSR count). The van der Waals surface area contributed by atoms with E-state index in [9.17, 15) is 19.1 Å². The lowest BCUT2D eigenvalue weighted by atomic mass is 9.44. The van der Waals surface area contributed by atoms with Crippen molar-refractivity contribution >= 4 is 28.3 Å². The van der Waals surface area contributed by atoms with Gasteiger partial charge in [-0.1, -0.05) is 61.2 Å². The van der Waals surface area contributed by atoms with Gasteiger partial charge in [0.25, 0.3) is 0 Å². The second kappa shape index (κ2) is 11.9. The number of anilines is 1. The molecule has 3 saturated carbocycles. The fourth-order valence-corrected chi connectivity index (χ4v) is 10.5. The van der Waals surface area contributed by atoms with Crippen LogP contribution in [-0.2, 0) is 25.5 Å². The van der Waals surface area contributed by atoms with Crippen molar-refractivity contribution in [3.05, 3.63) is 89.0 Å². The van der Waals surface area contributed by atoms with E-state index in [2.05, 4.69) is 31.3 Å². The average molecular weight is 682 g/mol. The molecule has 2 aromatic carbocycles. The highest BCUT2D eigenvalue weighted by Gasteiger charge is 2.80. The Hall–Kier alpha value is -2.92. The number of benzene rings is 2. The fourth-order valence-electron chi connectivity index (χ4n) is 9.74. The normalized spacial score (nSPS) is 39.8. The minimum absolute atomic E-state index is 0.0318. The monoisotopic (exact) mass is 681 g/mol. The molecular formula is C38H42F3NO5S. The number of ketones is 1. The van der Waals surface area contributed by atoms with E-state index in [1.807, 2.05) is 36.4 Å². The Morgan fingerprint density at radius 2 is 1.85 bits per heavy atom. The Bertz CT molecular complexity index is 1680. The number of aliphatic hydroxyl groups is 1. The van der Waals surface area contributed by atoms with E-state index in [0.717, 1.165) is 22.9 Å². The maximum absolute atomic E-state index is 17.6. The Morgan fingerprint density at radius 3 is 2.56 bits per heavy atom. The van der Waals surface area contributed by atoms with Crippen molar-refractivity contribution in [1.29, 1.82) is 0 Å². The minimum atomic E-state index is -2.31. The van der Waals surface area contributed by atoms with Crippen molar-refractivity contribution in [3.8, 4) is 0 Å². The Labute approximate surface area is 283 Å². The van der Waals surface area contributed by atoms with E-state index >= 15 is 8.78 Å². The molecule has 10 heteroatoms. The predicted octanol–water partition coefficient (Wildman–Crippen LogP) is 7.37. The van der Waals surface area contributed by atoms with Crippen LogP contribution >= 0.6 is 11.8 Å². The summed E-state index contributed by atoms with van der Waals surface area (Å²) in [6.07, 6.45) is -0.815. The standard InChI is InChI=1S/C38H42F3NO5S/c1-21(2)42-25-7-5-6-23(15-25)14-22-8-10-24(11-9-22)33-46-32-18-27-28-17-30(40)29-16-26(43)12-13-35(29,3)37(28,41)31(44)19-36(27,4)38(32,47-33)34(45)48-20-39/h5-13,15-16,21,27-28,30-33,42,44H,14,17-20H2,1-4H3/t27-,28-,30-,31-,32+,33-,35-,36-,37-,38-/m0/s1. The van der Waals surface area contributed by atoms with Gasteiger partial charge in [-0.25, -0.2) is 13.2 Å². The summed E-state index contributed by atoms with van der Waals surface area (Å²) in [5, 5.41) is 14.6. The van der Waals surface area contributed by atoms with Gasteiger partial charge in [0, 0.05) is 34.0 Å². The van der Waals surface area contributed by atoms with Crippen LogP contribution in [0, 0.1) is 22.7 Å². The highest BCUT2D eigenvalue weighted by molar-refractivity contribution is 8.13. The fraction of sp³-hybridized carbons (Fsp3) is 0.526. The van der Waals surface area contributed by atoms with E-state index in [4.69, 9.17) is 9.47 Å². The van der Waals surface area contributed by atoms with Crippen molar-refractivity contribution in [2.75, 3.05) is 11.3 Å². The number of fused-ring (bicyclic) bond motifs is 7. The van der Waals surface area contributed by atoms with Gasteiger partial charge in [0.1, 0.15) is 12.2 Å². The summed E-state index contributed by atoms with van der Waals surface area (Å²) in [5.41, 5.74) is -2.76. The van der Waals surface area contributed by atoms with E-state index in [0.29, 0.717) is 29.8 Å². The molecule has 4 aliphatic carbocycles. The molecule has 1 saturated heterocycles. The first kappa shape index (κ1) is 33.6. The van der Waals surface area contributed by atoms with E-state index < -0.39 is 75.5 Å². The number of carbonyl (C=O) groups is 2.